The van der Waals surface area contributed by atoms with E-state index in [4.69, 9.17) is 18.0 Å². The lowest BCUT2D eigenvalue weighted by atomic mass is 10.2. The maximum absolute atomic E-state index is 12.3. The van der Waals surface area contributed by atoms with Gasteiger partial charge in [-0.3, -0.25) is 9.69 Å². The fourth-order valence-corrected chi connectivity index (χ4v) is 5.20. The first-order valence-corrected chi connectivity index (χ1v) is 13.0. The smallest absolute Gasteiger partial charge is 0.238 e. The van der Waals surface area contributed by atoms with Gasteiger partial charge in [0.05, 0.1) is 24.2 Å². The molecule has 2 aliphatic heterocycles. The van der Waals surface area contributed by atoms with E-state index in [1.54, 1.807) is 11.1 Å². The summed E-state index contributed by atoms with van der Waals surface area (Å²) in [6, 6.07) is 14.0. The Kier molecular flexibility index (Phi) is 7.18. The van der Waals surface area contributed by atoms with E-state index in [1.807, 2.05) is 30.3 Å². The van der Waals surface area contributed by atoms with Crippen LogP contribution in [0, 0.1) is 12.3 Å². The lowest BCUT2D eigenvalue weighted by Gasteiger charge is -2.34. The molecule has 3 heterocycles. The largest absolute Gasteiger partial charge is 0.369 e. The van der Waals surface area contributed by atoms with Crippen molar-refractivity contribution in [1.29, 1.82) is 0 Å². The normalized spacial score (nSPS) is 15.9. The molecule has 0 atom stereocenters. The zero-order valence-corrected chi connectivity index (χ0v) is 21.4. The fraction of sp³-hybridized carbons (Fsp3) is 0.269. The highest BCUT2D eigenvalue weighted by Gasteiger charge is 2.24. The highest BCUT2D eigenvalue weighted by molar-refractivity contribution is 8.00. The molecule has 5 rings (SSSR count). The maximum Gasteiger partial charge on any atom is 0.238 e. The summed E-state index contributed by atoms with van der Waals surface area (Å²) in [4.78, 5) is 28.6. The molecule has 1 fully saturated rings. The van der Waals surface area contributed by atoms with Crippen LogP contribution < -0.4 is 20.4 Å². The van der Waals surface area contributed by atoms with Gasteiger partial charge in [0, 0.05) is 48.1 Å². The Morgan fingerprint density at radius 3 is 2.58 bits per heavy atom. The molecule has 2 aliphatic rings. The van der Waals surface area contributed by atoms with E-state index in [-0.39, 0.29) is 12.5 Å². The Hall–Kier alpha value is -3.45. The number of rotatable bonds is 6. The standard InChI is InChI=1S/C26H26ClN7OS/c1-3-10-34-22-15-19(6-9-23(22)36-17-24(34)35)29-25-21(27)16-28-26(31-25)30-18-4-7-20(8-5-18)33-13-11-32(2)12-14-33/h1,4-9,15-16H,10-14,17H2,2H3,(H2,28,29,30,31). The van der Waals surface area contributed by atoms with Crippen LogP contribution in [0.2, 0.25) is 5.02 Å². The number of thioether (sulfide) groups is 1. The van der Waals surface area contributed by atoms with Gasteiger partial charge in [0.2, 0.25) is 11.9 Å². The minimum Gasteiger partial charge on any atom is -0.369 e. The molecule has 0 spiro atoms. The fourth-order valence-electron chi connectivity index (χ4n) is 4.15. The van der Waals surface area contributed by atoms with Gasteiger partial charge in [-0.05, 0) is 49.5 Å². The van der Waals surface area contributed by atoms with Gasteiger partial charge in [-0.1, -0.05) is 17.5 Å². The minimum absolute atomic E-state index is 0.00667. The van der Waals surface area contributed by atoms with Crippen molar-refractivity contribution < 1.29 is 4.79 Å². The van der Waals surface area contributed by atoms with Crippen molar-refractivity contribution in [2.24, 2.45) is 0 Å². The first-order valence-electron chi connectivity index (χ1n) is 11.6. The molecular weight excluding hydrogens is 494 g/mol. The van der Waals surface area contributed by atoms with Gasteiger partial charge in [0.15, 0.2) is 5.82 Å². The molecule has 0 saturated carbocycles. The molecule has 0 aliphatic carbocycles. The molecule has 10 heteroatoms. The highest BCUT2D eigenvalue weighted by Crippen LogP contribution is 2.38. The summed E-state index contributed by atoms with van der Waals surface area (Å²) in [5.74, 6) is 3.82. The van der Waals surface area contributed by atoms with E-state index >= 15 is 0 Å². The number of nitrogens with zero attached hydrogens (tertiary/aromatic N) is 5. The van der Waals surface area contributed by atoms with Crippen molar-refractivity contribution in [2.45, 2.75) is 4.90 Å². The van der Waals surface area contributed by atoms with Crippen molar-refractivity contribution >= 4 is 63.8 Å². The minimum atomic E-state index is -0.00667. The third-order valence-electron chi connectivity index (χ3n) is 6.15. The van der Waals surface area contributed by atoms with Gasteiger partial charge < -0.3 is 20.4 Å². The third kappa shape index (κ3) is 5.36. The number of aromatic nitrogens is 2. The number of hydrogen-bond acceptors (Lipinski definition) is 8. The topological polar surface area (TPSA) is 76.6 Å². The second kappa shape index (κ2) is 10.7. The number of anilines is 6. The van der Waals surface area contributed by atoms with E-state index < -0.39 is 0 Å². The SMILES string of the molecule is C#CCN1C(=O)CSc2ccc(Nc3nc(Nc4ccc(N5CCN(C)CC5)cc4)ncc3Cl)cc21. The predicted molar refractivity (Wildman–Crippen MR) is 148 cm³/mol. The van der Waals surface area contributed by atoms with E-state index in [0.717, 1.165) is 48.1 Å². The molecule has 184 valence electrons. The molecule has 8 nitrogen and oxygen atoms in total. The molecule has 3 aromatic rings. The van der Waals surface area contributed by atoms with Crippen molar-refractivity contribution in [3.05, 3.63) is 53.7 Å². The number of likely N-dealkylation sites (N-methyl/N-ethyl adjacent to an activating group) is 1. The Balaban J connectivity index is 1.30. The summed E-state index contributed by atoms with van der Waals surface area (Å²) >= 11 is 7.90. The van der Waals surface area contributed by atoms with Crippen molar-refractivity contribution in [2.75, 3.05) is 66.0 Å². The predicted octanol–water partition coefficient (Wildman–Crippen LogP) is 4.44. The number of piperazine rings is 1. The van der Waals surface area contributed by atoms with E-state index in [0.29, 0.717) is 22.5 Å². The van der Waals surface area contributed by atoms with Gasteiger partial charge in [0.1, 0.15) is 5.02 Å². The summed E-state index contributed by atoms with van der Waals surface area (Å²) in [5.41, 5.74) is 3.61. The zero-order chi connectivity index (χ0) is 25.1. The number of carbonyl (C=O) groups is 1. The summed E-state index contributed by atoms with van der Waals surface area (Å²) in [6.45, 7) is 4.40. The number of hydrogen-bond donors (Lipinski definition) is 2. The number of halogens is 1. The second-order valence-corrected chi connectivity index (χ2v) is 10.1. The summed E-state index contributed by atoms with van der Waals surface area (Å²) in [5, 5.41) is 6.88. The van der Waals surface area contributed by atoms with Gasteiger partial charge in [-0.2, -0.15) is 4.98 Å². The third-order valence-corrected chi connectivity index (χ3v) is 7.47. The number of carbonyl (C=O) groups excluding carboxylic acids is 1. The van der Waals surface area contributed by atoms with Gasteiger partial charge >= 0.3 is 0 Å². The molecule has 2 aromatic carbocycles. The van der Waals surface area contributed by atoms with Crippen molar-refractivity contribution in [3.8, 4) is 12.3 Å². The average molecular weight is 520 g/mol. The Morgan fingerprint density at radius 1 is 1.08 bits per heavy atom. The number of terminal acetylenes is 1. The molecular formula is C26H26ClN7OS. The molecule has 1 saturated heterocycles. The lowest BCUT2D eigenvalue weighted by molar-refractivity contribution is -0.116. The first-order chi connectivity index (χ1) is 17.5. The number of nitrogens with one attached hydrogen (secondary N) is 2. The molecule has 1 aromatic heterocycles. The average Bonchev–Trinajstić information content (AvgIpc) is 2.89. The Morgan fingerprint density at radius 2 is 1.83 bits per heavy atom. The molecule has 1 amide bonds. The Labute approximate surface area is 220 Å². The van der Waals surface area contributed by atoms with E-state index in [2.05, 4.69) is 55.5 Å². The van der Waals surface area contributed by atoms with Gasteiger partial charge in [-0.25, -0.2) is 4.98 Å². The molecule has 0 bridgehead atoms. The molecule has 36 heavy (non-hydrogen) atoms. The Bertz CT molecular complexity index is 1300. The van der Waals surface area contributed by atoms with Crippen LogP contribution in [0.25, 0.3) is 0 Å². The van der Waals surface area contributed by atoms with Crippen molar-refractivity contribution in [3.63, 3.8) is 0 Å². The number of benzene rings is 2. The van der Waals surface area contributed by atoms with Crippen LogP contribution in [0.4, 0.5) is 34.5 Å². The first kappa shape index (κ1) is 24.3. The van der Waals surface area contributed by atoms with Crippen LogP contribution in [0.3, 0.4) is 0 Å². The quantitative estimate of drug-likeness (QED) is 0.463. The lowest BCUT2D eigenvalue weighted by Crippen LogP contribution is -2.44. The van der Waals surface area contributed by atoms with Crippen LogP contribution in [-0.4, -0.2) is 66.3 Å². The van der Waals surface area contributed by atoms with E-state index in [9.17, 15) is 4.79 Å². The summed E-state index contributed by atoms with van der Waals surface area (Å²) < 4.78 is 0. The summed E-state index contributed by atoms with van der Waals surface area (Å²) in [6.07, 6.45) is 7.04. The molecule has 0 radical (unpaired) electrons. The maximum atomic E-state index is 12.3. The van der Waals surface area contributed by atoms with Crippen LogP contribution in [0.1, 0.15) is 0 Å². The monoisotopic (exact) mass is 519 g/mol. The zero-order valence-electron chi connectivity index (χ0n) is 19.9. The second-order valence-electron chi connectivity index (χ2n) is 8.63. The number of fused-ring (bicyclic) bond motifs is 1. The van der Waals surface area contributed by atoms with E-state index in [1.165, 1.54) is 17.4 Å². The van der Waals surface area contributed by atoms with Crippen LogP contribution in [-0.2, 0) is 4.79 Å². The summed E-state index contributed by atoms with van der Waals surface area (Å²) in [7, 11) is 2.15. The molecule has 0 unspecified atom stereocenters. The molecule has 2 N–H and O–H groups in total. The van der Waals surface area contributed by atoms with Crippen molar-refractivity contribution in [1.82, 2.24) is 14.9 Å². The highest BCUT2D eigenvalue weighted by atomic mass is 35.5. The van der Waals surface area contributed by atoms with Crippen LogP contribution in [0.5, 0.6) is 0 Å². The number of amides is 1. The van der Waals surface area contributed by atoms with Crippen LogP contribution >= 0.6 is 23.4 Å². The van der Waals surface area contributed by atoms with Gasteiger partial charge in [0.25, 0.3) is 0 Å². The van der Waals surface area contributed by atoms with Crippen LogP contribution in [0.15, 0.2) is 53.6 Å². The van der Waals surface area contributed by atoms with Gasteiger partial charge in [-0.15, -0.1) is 18.2 Å².